The number of benzene rings is 2. The molecule has 0 amide bonds. The number of hydrogen-bond acceptors (Lipinski definition) is 3. The molecule has 0 radical (unpaired) electrons. The van der Waals surface area contributed by atoms with E-state index in [-0.39, 0.29) is 11.6 Å². The van der Waals surface area contributed by atoms with Crippen LogP contribution >= 0.6 is 0 Å². The maximum Gasteiger partial charge on any atom is 0.227 e. The summed E-state index contributed by atoms with van der Waals surface area (Å²) in [5.41, 5.74) is 2.22. The molecule has 0 fully saturated rings. The standard InChI is InChI=1S/C15H10FNO2/c1-2-9-7-12(18)8-13-14(9)19-15(17-13)10-4-3-5-11(16)6-10/h2-8,18H,1H2. The Bertz CT molecular complexity index is 777. The Morgan fingerprint density at radius 3 is 2.84 bits per heavy atom. The van der Waals surface area contributed by atoms with Crippen LogP contribution in [0.4, 0.5) is 4.39 Å². The molecule has 1 aromatic heterocycles. The number of hydrogen-bond donors (Lipinski definition) is 1. The predicted molar refractivity (Wildman–Crippen MR) is 71.2 cm³/mol. The summed E-state index contributed by atoms with van der Waals surface area (Å²) < 4.78 is 18.8. The van der Waals surface area contributed by atoms with E-state index in [2.05, 4.69) is 11.6 Å². The quantitative estimate of drug-likeness (QED) is 0.753. The Kier molecular flexibility index (Phi) is 2.56. The van der Waals surface area contributed by atoms with Crippen LogP contribution in [0.5, 0.6) is 5.75 Å². The molecule has 1 heterocycles. The van der Waals surface area contributed by atoms with Crippen molar-refractivity contribution in [3.63, 3.8) is 0 Å². The summed E-state index contributed by atoms with van der Waals surface area (Å²) >= 11 is 0. The van der Waals surface area contributed by atoms with Crippen molar-refractivity contribution in [2.45, 2.75) is 0 Å². The van der Waals surface area contributed by atoms with Gasteiger partial charge >= 0.3 is 0 Å². The molecule has 3 aromatic rings. The molecule has 3 rings (SSSR count). The normalized spacial score (nSPS) is 10.8. The Morgan fingerprint density at radius 2 is 2.11 bits per heavy atom. The van der Waals surface area contributed by atoms with E-state index in [9.17, 15) is 9.50 Å². The fraction of sp³-hybridized carbons (Fsp3) is 0. The van der Waals surface area contributed by atoms with E-state index in [4.69, 9.17) is 4.42 Å². The highest BCUT2D eigenvalue weighted by Gasteiger charge is 2.12. The van der Waals surface area contributed by atoms with Crippen molar-refractivity contribution < 1.29 is 13.9 Å². The molecule has 3 nitrogen and oxygen atoms in total. The first-order chi connectivity index (χ1) is 9.17. The molecule has 94 valence electrons. The van der Waals surface area contributed by atoms with Gasteiger partial charge in [-0.3, -0.25) is 0 Å². The van der Waals surface area contributed by atoms with Crippen molar-refractivity contribution >= 4 is 17.2 Å². The number of rotatable bonds is 2. The lowest BCUT2D eigenvalue weighted by molar-refractivity contribution is 0.475. The van der Waals surface area contributed by atoms with Crippen LogP contribution in [0, 0.1) is 5.82 Å². The van der Waals surface area contributed by atoms with E-state index in [1.54, 1.807) is 18.2 Å². The molecule has 2 aromatic carbocycles. The molecule has 0 unspecified atom stereocenters. The molecule has 1 N–H and O–H groups in total. The molecule has 0 bridgehead atoms. The summed E-state index contributed by atoms with van der Waals surface area (Å²) in [5.74, 6) is 0.0382. The van der Waals surface area contributed by atoms with Crippen molar-refractivity contribution in [1.29, 1.82) is 0 Å². The third kappa shape index (κ3) is 1.97. The Balaban J connectivity index is 2.24. The topological polar surface area (TPSA) is 46.3 Å². The monoisotopic (exact) mass is 255 g/mol. The predicted octanol–water partition coefficient (Wildman–Crippen LogP) is 3.98. The number of phenols is 1. The van der Waals surface area contributed by atoms with E-state index < -0.39 is 0 Å². The number of aromatic hydroxyl groups is 1. The van der Waals surface area contributed by atoms with Gasteiger partial charge in [0, 0.05) is 17.2 Å². The van der Waals surface area contributed by atoms with Crippen LogP contribution in [0.15, 0.2) is 47.4 Å². The van der Waals surface area contributed by atoms with Crippen LogP contribution in [0.25, 0.3) is 28.6 Å². The zero-order valence-corrected chi connectivity index (χ0v) is 9.93. The average Bonchev–Trinajstić information content (AvgIpc) is 2.81. The van der Waals surface area contributed by atoms with Crippen LogP contribution in [0.1, 0.15) is 5.56 Å². The van der Waals surface area contributed by atoms with Gasteiger partial charge in [0.15, 0.2) is 5.58 Å². The first kappa shape index (κ1) is 11.5. The maximum absolute atomic E-state index is 13.2. The number of halogens is 1. The van der Waals surface area contributed by atoms with Crippen molar-refractivity contribution in [1.82, 2.24) is 4.98 Å². The molecule has 4 heteroatoms. The minimum absolute atomic E-state index is 0.0847. The van der Waals surface area contributed by atoms with Crippen molar-refractivity contribution in [2.24, 2.45) is 0 Å². The molecule has 0 aliphatic rings. The third-order valence-corrected chi connectivity index (χ3v) is 2.80. The van der Waals surface area contributed by atoms with Gasteiger partial charge < -0.3 is 9.52 Å². The van der Waals surface area contributed by atoms with Crippen LogP contribution in [-0.2, 0) is 0 Å². The number of fused-ring (bicyclic) bond motifs is 1. The zero-order chi connectivity index (χ0) is 13.4. The number of nitrogens with zero attached hydrogens (tertiary/aromatic N) is 1. The molecule has 0 aliphatic heterocycles. The summed E-state index contributed by atoms with van der Waals surface area (Å²) in [6.45, 7) is 3.66. The molecule has 0 atom stereocenters. The second kappa shape index (κ2) is 4.24. The van der Waals surface area contributed by atoms with Crippen LogP contribution in [0.3, 0.4) is 0 Å². The van der Waals surface area contributed by atoms with Crippen molar-refractivity contribution in [3.8, 4) is 17.2 Å². The van der Waals surface area contributed by atoms with Gasteiger partial charge in [0.25, 0.3) is 0 Å². The Morgan fingerprint density at radius 1 is 1.26 bits per heavy atom. The summed E-state index contributed by atoms with van der Waals surface area (Å²) in [4.78, 5) is 4.25. The van der Waals surface area contributed by atoms with Crippen molar-refractivity contribution in [2.75, 3.05) is 0 Å². The molecule has 0 spiro atoms. The SMILES string of the molecule is C=Cc1cc(O)cc2nc(-c3cccc(F)c3)oc12. The summed E-state index contributed by atoms with van der Waals surface area (Å²) in [7, 11) is 0. The summed E-state index contributed by atoms with van der Waals surface area (Å²) in [6, 6.07) is 9.03. The lowest BCUT2D eigenvalue weighted by Crippen LogP contribution is -1.78. The minimum atomic E-state index is -0.355. The fourth-order valence-electron chi connectivity index (χ4n) is 1.94. The highest BCUT2D eigenvalue weighted by molar-refractivity contribution is 5.86. The fourth-order valence-corrected chi connectivity index (χ4v) is 1.94. The maximum atomic E-state index is 13.2. The van der Waals surface area contributed by atoms with Gasteiger partial charge in [0.1, 0.15) is 17.1 Å². The molecule has 0 aliphatic carbocycles. The number of phenolic OH excluding ortho intramolecular Hbond substituents is 1. The largest absolute Gasteiger partial charge is 0.508 e. The highest BCUT2D eigenvalue weighted by atomic mass is 19.1. The van der Waals surface area contributed by atoms with Gasteiger partial charge in [0.2, 0.25) is 5.89 Å². The Hall–Kier alpha value is -2.62. The third-order valence-electron chi connectivity index (χ3n) is 2.80. The average molecular weight is 255 g/mol. The summed E-state index contributed by atoms with van der Waals surface area (Å²) in [6.07, 6.45) is 1.57. The van der Waals surface area contributed by atoms with Crippen LogP contribution < -0.4 is 0 Å². The molecule has 0 saturated carbocycles. The molecule has 0 saturated heterocycles. The first-order valence-electron chi connectivity index (χ1n) is 5.69. The van der Waals surface area contributed by atoms with Crippen LogP contribution in [0.2, 0.25) is 0 Å². The zero-order valence-electron chi connectivity index (χ0n) is 9.93. The number of aromatic nitrogens is 1. The second-order valence-electron chi connectivity index (χ2n) is 4.12. The van der Waals surface area contributed by atoms with Gasteiger partial charge in [0.05, 0.1) is 0 Å². The summed E-state index contributed by atoms with van der Waals surface area (Å²) in [5, 5.41) is 9.58. The van der Waals surface area contributed by atoms with E-state index in [0.29, 0.717) is 28.1 Å². The van der Waals surface area contributed by atoms with Gasteiger partial charge in [-0.1, -0.05) is 18.7 Å². The molecular weight excluding hydrogens is 245 g/mol. The molecule has 19 heavy (non-hydrogen) atoms. The van der Waals surface area contributed by atoms with E-state index in [0.717, 1.165) is 0 Å². The van der Waals surface area contributed by atoms with Gasteiger partial charge in [-0.15, -0.1) is 0 Å². The second-order valence-corrected chi connectivity index (χ2v) is 4.12. The van der Waals surface area contributed by atoms with Gasteiger partial charge in [-0.2, -0.15) is 0 Å². The van der Waals surface area contributed by atoms with Gasteiger partial charge in [-0.25, -0.2) is 9.37 Å². The van der Waals surface area contributed by atoms with Crippen LogP contribution in [-0.4, -0.2) is 10.1 Å². The highest BCUT2D eigenvalue weighted by Crippen LogP contribution is 2.30. The van der Waals surface area contributed by atoms with Crippen molar-refractivity contribution in [3.05, 3.63) is 54.4 Å². The Labute approximate surface area is 108 Å². The van der Waals surface area contributed by atoms with E-state index in [1.807, 2.05) is 0 Å². The van der Waals surface area contributed by atoms with Gasteiger partial charge in [-0.05, 0) is 24.3 Å². The van der Waals surface area contributed by atoms with E-state index in [1.165, 1.54) is 24.3 Å². The smallest absolute Gasteiger partial charge is 0.227 e. The minimum Gasteiger partial charge on any atom is -0.508 e. The lowest BCUT2D eigenvalue weighted by atomic mass is 10.2. The first-order valence-corrected chi connectivity index (χ1v) is 5.69. The number of oxazole rings is 1. The lowest BCUT2D eigenvalue weighted by Gasteiger charge is -1.96. The molecular formula is C15H10FNO2. The van der Waals surface area contributed by atoms with E-state index >= 15 is 0 Å².